The van der Waals surface area contributed by atoms with Gasteiger partial charge in [-0.2, -0.15) is 0 Å². The van der Waals surface area contributed by atoms with E-state index >= 15 is 0 Å². The van der Waals surface area contributed by atoms with Crippen LogP contribution in [-0.2, 0) is 18.3 Å². The number of hydrogen-bond acceptors (Lipinski definition) is 7. The first-order valence-corrected chi connectivity index (χ1v) is 7.28. The van der Waals surface area contributed by atoms with Gasteiger partial charge in [0.1, 0.15) is 0 Å². The molecule has 0 aliphatic carbocycles. The third kappa shape index (κ3) is 5.55. The average molecular weight is 276 g/mol. The number of hydrogen-bond donors (Lipinski definition) is 0. The minimum atomic E-state index is -3.18. The molecular weight excluding hydrogens is 259 g/mol. The second-order valence-electron chi connectivity index (χ2n) is 3.07. The van der Waals surface area contributed by atoms with Crippen molar-refractivity contribution in [2.75, 3.05) is 26.4 Å². The molecule has 8 heteroatoms. The summed E-state index contributed by atoms with van der Waals surface area (Å²) in [6.45, 7) is 3.95. The molecule has 0 saturated heterocycles. The monoisotopic (exact) mass is 276 g/mol. The molecule has 1 heterocycles. The molecule has 0 spiro atoms. The van der Waals surface area contributed by atoms with Crippen molar-refractivity contribution in [1.29, 1.82) is 0 Å². The molecule has 0 amide bonds. The fraction of sp³-hybridized carbons (Fsp3) is 0.600. The van der Waals surface area contributed by atoms with Crippen molar-refractivity contribution in [1.82, 2.24) is 9.97 Å². The number of rotatable bonds is 9. The van der Waals surface area contributed by atoms with E-state index in [1.165, 1.54) is 0 Å². The highest BCUT2D eigenvalue weighted by Gasteiger charge is 2.23. The van der Waals surface area contributed by atoms with Gasteiger partial charge in [0, 0.05) is 12.4 Å². The predicted molar refractivity (Wildman–Crippen MR) is 64.3 cm³/mol. The van der Waals surface area contributed by atoms with Gasteiger partial charge in [0.25, 0.3) is 0 Å². The van der Waals surface area contributed by atoms with Crippen LogP contribution in [0.25, 0.3) is 0 Å². The van der Waals surface area contributed by atoms with Crippen molar-refractivity contribution in [2.45, 2.75) is 13.8 Å². The van der Waals surface area contributed by atoms with Gasteiger partial charge >= 0.3 is 13.6 Å². The summed E-state index contributed by atoms with van der Waals surface area (Å²) in [7, 11) is -3.18. The molecule has 0 unspecified atom stereocenters. The van der Waals surface area contributed by atoms with Gasteiger partial charge in [-0.1, -0.05) is 0 Å². The number of aromatic nitrogens is 2. The van der Waals surface area contributed by atoms with Crippen molar-refractivity contribution in [3.8, 4) is 6.01 Å². The van der Waals surface area contributed by atoms with E-state index in [2.05, 4.69) is 9.97 Å². The normalized spacial score (nSPS) is 11.4. The molecule has 1 rings (SSSR count). The minimum absolute atomic E-state index is 0.117. The molecule has 1 aromatic heterocycles. The zero-order valence-corrected chi connectivity index (χ0v) is 11.3. The molecule has 0 radical (unpaired) electrons. The van der Waals surface area contributed by atoms with E-state index in [0.717, 1.165) is 0 Å². The number of ether oxygens (including phenoxy) is 2. The summed E-state index contributed by atoms with van der Waals surface area (Å²) < 4.78 is 32.2. The van der Waals surface area contributed by atoms with Gasteiger partial charge in [-0.25, -0.2) is 9.97 Å². The zero-order chi connectivity index (χ0) is 13.3. The summed E-state index contributed by atoms with van der Waals surface area (Å²) in [6.07, 6.45) is 2.93. The van der Waals surface area contributed by atoms with Gasteiger partial charge < -0.3 is 18.5 Å². The van der Waals surface area contributed by atoms with Crippen molar-refractivity contribution in [3.05, 3.63) is 18.5 Å². The molecule has 0 atom stereocenters. The summed E-state index contributed by atoms with van der Waals surface area (Å²) in [5.74, 6) is 0. The van der Waals surface area contributed by atoms with Gasteiger partial charge in [0.05, 0.1) is 13.2 Å². The molecule has 1 aromatic rings. The lowest BCUT2D eigenvalue weighted by molar-refractivity contribution is 0.0218. The fourth-order valence-corrected chi connectivity index (χ4v) is 2.42. The van der Waals surface area contributed by atoms with E-state index in [0.29, 0.717) is 13.2 Å². The van der Waals surface area contributed by atoms with Crippen LogP contribution in [0.1, 0.15) is 13.8 Å². The van der Waals surface area contributed by atoms with E-state index in [9.17, 15) is 4.57 Å². The van der Waals surface area contributed by atoms with E-state index in [1.54, 1.807) is 32.3 Å². The maximum atomic E-state index is 12.0. The second kappa shape index (κ2) is 8.16. The van der Waals surface area contributed by atoms with Crippen molar-refractivity contribution >= 4 is 7.60 Å². The molecule has 18 heavy (non-hydrogen) atoms. The Balaban J connectivity index is 2.29. The van der Waals surface area contributed by atoms with Crippen LogP contribution in [0.15, 0.2) is 18.5 Å². The topological polar surface area (TPSA) is 79.8 Å². The molecule has 0 aliphatic rings. The van der Waals surface area contributed by atoms with Crippen LogP contribution in [0.3, 0.4) is 0 Å². The Kier molecular flexibility index (Phi) is 6.82. The van der Waals surface area contributed by atoms with E-state index in [4.69, 9.17) is 18.5 Å². The second-order valence-corrected chi connectivity index (χ2v) is 5.07. The quantitative estimate of drug-likeness (QED) is 0.388. The smallest absolute Gasteiger partial charge is 0.356 e. The third-order valence-corrected chi connectivity index (χ3v) is 3.52. The lowest BCUT2D eigenvalue weighted by Gasteiger charge is -2.16. The van der Waals surface area contributed by atoms with Crippen molar-refractivity contribution in [3.63, 3.8) is 0 Å². The summed E-state index contributed by atoms with van der Waals surface area (Å²) >= 11 is 0. The maximum absolute atomic E-state index is 12.0. The lowest BCUT2D eigenvalue weighted by Crippen LogP contribution is -2.09. The largest absolute Gasteiger partial charge is 0.436 e. The molecule has 0 aliphatic heterocycles. The Hall–Kier alpha value is -1.01. The van der Waals surface area contributed by atoms with Crippen LogP contribution in [0.4, 0.5) is 0 Å². The Bertz CT molecular complexity index is 366. The van der Waals surface area contributed by atoms with Crippen LogP contribution >= 0.6 is 7.60 Å². The highest BCUT2D eigenvalue weighted by molar-refractivity contribution is 7.53. The van der Waals surface area contributed by atoms with Gasteiger partial charge in [-0.05, 0) is 19.9 Å². The molecule has 0 aromatic carbocycles. The van der Waals surface area contributed by atoms with Gasteiger partial charge in [-0.15, -0.1) is 0 Å². The van der Waals surface area contributed by atoms with Crippen LogP contribution in [0.5, 0.6) is 6.01 Å². The van der Waals surface area contributed by atoms with E-state index in [-0.39, 0.29) is 19.2 Å². The predicted octanol–water partition coefficient (Wildman–Crippen LogP) is 2.05. The minimum Gasteiger partial charge on any atom is -0.436 e. The third-order valence-electron chi connectivity index (χ3n) is 1.71. The van der Waals surface area contributed by atoms with Crippen LogP contribution in [0.2, 0.25) is 0 Å². The van der Waals surface area contributed by atoms with E-state index in [1.807, 2.05) is 0 Å². The Labute approximate surface area is 106 Å². The molecule has 102 valence electrons. The molecule has 0 fully saturated rings. The average Bonchev–Trinajstić information content (AvgIpc) is 2.37. The van der Waals surface area contributed by atoms with Gasteiger partial charge in [0.2, 0.25) is 0 Å². The number of nitrogens with zero attached hydrogens (tertiary/aromatic N) is 2. The summed E-state index contributed by atoms with van der Waals surface area (Å²) in [5, 5.41) is 0. The Morgan fingerprint density at radius 1 is 1.17 bits per heavy atom. The molecular formula is C10H17N2O5P. The summed E-state index contributed by atoms with van der Waals surface area (Å²) in [4.78, 5) is 7.68. The van der Waals surface area contributed by atoms with Crippen molar-refractivity contribution < 1.29 is 23.1 Å². The SMILES string of the molecule is CCOP(=O)(COCOc1ncccn1)OCC. The van der Waals surface area contributed by atoms with Gasteiger partial charge in [0.15, 0.2) is 13.1 Å². The highest BCUT2D eigenvalue weighted by Crippen LogP contribution is 2.47. The fourth-order valence-electron chi connectivity index (χ4n) is 1.11. The summed E-state index contributed by atoms with van der Waals surface area (Å²) in [6, 6.07) is 1.87. The first kappa shape index (κ1) is 15.0. The first-order valence-electron chi connectivity index (χ1n) is 5.56. The first-order chi connectivity index (χ1) is 8.70. The lowest BCUT2D eigenvalue weighted by atomic mass is 10.7. The highest BCUT2D eigenvalue weighted by atomic mass is 31.2. The molecule has 7 nitrogen and oxygen atoms in total. The summed E-state index contributed by atoms with van der Waals surface area (Å²) in [5.41, 5.74) is 0. The van der Waals surface area contributed by atoms with Crippen LogP contribution in [-0.4, -0.2) is 36.3 Å². The van der Waals surface area contributed by atoms with Crippen LogP contribution < -0.4 is 4.74 Å². The molecule has 0 saturated carbocycles. The Morgan fingerprint density at radius 3 is 2.33 bits per heavy atom. The van der Waals surface area contributed by atoms with E-state index < -0.39 is 7.60 Å². The zero-order valence-electron chi connectivity index (χ0n) is 10.4. The standard InChI is InChI=1S/C10H17N2O5P/c1-3-16-18(13,17-4-2)9-14-8-15-10-11-6-5-7-12-10/h5-7H,3-4,8-9H2,1-2H3. The Morgan fingerprint density at radius 2 is 1.78 bits per heavy atom. The maximum Gasteiger partial charge on any atom is 0.356 e. The van der Waals surface area contributed by atoms with Crippen LogP contribution in [0, 0.1) is 0 Å². The van der Waals surface area contributed by atoms with Gasteiger partial charge in [-0.3, -0.25) is 4.57 Å². The van der Waals surface area contributed by atoms with Crippen molar-refractivity contribution in [2.24, 2.45) is 0 Å². The molecule has 0 N–H and O–H groups in total. The molecule has 0 bridgehead atoms.